The summed E-state index contributed by atoms with van der Waals surface area (Å²) in [4.78, 5) is 3.96. The zero-order valence-corrected chi connectivity index (χ0v) is 10.4. The van der Waals surface area contributed by atoms with Crippen LogP contribution in [0, 0.1) is 20.8 Å². The number of nitrogens with zero attached hydrogens (tertiary/aromatic N) is 1. The maximum atomic E-state index is 10.4. The Balaban J connectivity index is 2.44. The van der Waals surface area contributed by atoms with E-state index in [2.05, 4.69) is 31.0 Å². The van der Waals surface area contributed by atoms with E-state index in [1.54, 1.807) is 12.4 Å². The van der Waals surface area contributed by atoms with E-state index in [0.29, 0.717) is 0 Å². The average molecular weight is 227 g/mol. The van der Waals surface area contributed by atoms with E-state index in [0.717, 1.165) is 16.7 Å². The first-order valence-corrected chi connectivity index (χ1v) is 5.75. The lowest BCUT2D eigenvalue weighted by Crippen LogP contribution is -2.03. The molecule has 0 aliphatic heterocycles. The van der Waals surface area contributed by atoms with Gasteiger partial charge in [-0.15, -0.1) is 0 Å². The van der Waals surface area contributed by atoms with Gasteiger partial charge in [0.05, 0.1) is 0 Å². The van der Waals surface area contributed by atoms with Gasteiger partial charge >= 0.3 is 0 Å². The molecule has 0 spiro atoms. The smallest absolute Gasteiger partial charge is 0.104 e. The zero-order valence-electron chi connectivity index (χ0n) is 10.4. The van der Waals surface area contributed by atoms with E-state index >= 15 is 0 Å². The number of rotatable bonds is 2. The van der Waals surface area contributed by atoms with E-state index in [9.17, 15) is 5.11 Å². The molecule has 0 aliphatic carbocycles. The Morgan fingerprint density at radius 1 is 0.941 bits per heavy atom. The van der Waals surface area contributed by atoms with Crippen LogP contribution in [0.5, 0.6) is 0 Å². The monoisotopic (exact) mass is 227 g/mol. The second kappa shape index (κ2) is 4.68. The Morgan fingerprint density at radius 2 is 1.53 bits per heavy atom. The fourth-order valence-corrected chi connectivity index (χ4v) is 2.00. The lowest BCUT2D eigenvalue weighted by atomic mass is 9.94. The van der Waals surface area contributed by atoms with Crippen LogP contribution in [0.25, 0.3) is 0 Å². The van der Waals surface area contributed by atoms with Gasteiger partial charge < -0.3 is 5.11 Å². The molecule has 0 radical (unpaired) electrons. The largest absolute Gasteiger partial charge is 0.384 e. The lowest BCUT2D eigenvalue weighted by molar-refractivity contribution is 0.219. The zero-order chi connectivity index (χ0) is 12.4. The SMILES string of the molecule is Cc1cc(C)c(C(O)c2ccncc2)cc1C. The third kappa shape index (κ3) is 2.37. The number of aliphatic hydroxyl groups excluding tert-OH is 1. The van der Waals surface area contributed by atoms with Gasteiger partial charge in [0, 0.05) is 12.4 Å². The molecular weight excluding hydrogens is 210 g/mol. The van der Waals surface area contributed by atoms with Gasteiger partial charge in [-0.25, -0.2) is 0 Å². The highest BCUT2D eigenvalue weighted by Gasteiger charge is 2.13. The highest BCUT2D eigenvalue weighted by atomic mass is 16.3. The molecular formula is C15H17NO. The molecule has 0 amide bonds. The topological polar surface area (TPSA) is 33.1 Å². The van der Waals surface area contributed by atoms with Crippen LogP contribution in [0.4, 0.5) is 0 Å². The summed E-state index contributed by atoms with van der Waals surface area (Å²) in [5.41, 5.74) is 5.44. The molecule has 2 rings (SSSR count). The van der Waals surface area contributed by atoms with Crippen molar-refractivity contribution in [3.63, 3.8) is 0 Å². The first kappa shape index (κ1) is 11.8. The Morgan fingerprint density at radius 3 is 2.18 bits per heavy atom. The molecule has 2 aromatic rings. The lowest BCUT2D eigenvalue weighted by Gasteiger charge is -2.16. The van der Waals surface area contributed by atoms with Crippen molar-refractivity contribution in [3.05, 3.63) is 64.5 Å². The summed E-state index contributed by atoms with van der Waals surface area (Å²) in [5.74, 6) is 0. The molecule has 0 fully saturated rings. The number of benzene rings is 1. The highest BCUT2D eigenvalue weighted by Crippen LogP contribution is 2.26. The number of aromatic nitrogens is 1. The predicted octanol–water partition coefficient (Wildman–Crippen LogP) is 3.09. The maximum absolute atomic E-state index is 10.4. The molecule has 2 heteroatoms. The van der Waals surface area contributed by atoms with Gasteiger partial charge in [-0.1, -0.05) is 12.1 Å². The molecule has 1 aromatic heterocycles. The van der Waals surface area contributed by atoms with E-state index in [-0.39, 0.29) is 0 Å². The number of hydrogen-bond acceptors (Lipinski definition) is 2. The number of aryl methyl sites for hydroxylation is 3. The van der Waals surface area contributed by atoms with Gasteiger partial charge in [-0.2, -0.15) is 0 Å². The first-order valence-electron chi connectivity index (χ1n) is 5.75. The van der Waals surface area contributed by atoms with Crippen LogP contribution in [-0.4, -0.2) is 10.1 Å². The molecule has 1 unspecified atom stereocenters. The standard InChI is InChI=1S/C15H17NO/c1-10-8-12(3)14(9-11(10)2)15(17)13-4-6-16-7-5-13/h4-9,15,17H,1-3H3. The van der Waals surface area contributed by atoms with Gasteiger partial charge in [0.15, 0.2) is 0 Å². The quantitative estimate of drug-likeness (QED) is 0.855. The Labute approximate surface area is 102 Å². The van der Waals surface area contributed by atoms with Crippen LogP contribution < -0.4 is 0 Å². The first-order chi connectivity index (χ1) is 8.09. The molecule has 1 N–H and O–H groups in total. The Bertz CT molecular complexity index is 520. The minimum absolute atomic E-state index is 0.572. The van der Waals surface area contributed by atoms with E-state index in [1.807, 2.05) is 19.1 Å². The summed E-state index contributed by atoms with van der Waals surface area (Å²) in [6.45, 7) is 6.19. The molecule has 1 aromatic carbocycles. The fourth-order valence-electron chi connectivity index (χ4n) is 2.00. The third-order valence-corrected chi connectivity index (χ3v) is 3.20. The number of hydrogen-bond donors (Lipinski definition) is 1. The molecule has 0 saturated carbocycles. The van der Waals surface area contributed by atoms with Crippen molar-refractivity contribution in [2.24, 2.45) is 0 Å². The van der Waals surface area contributed by atoms with Gasteiger partial charge in [-0.05, 0) is 60.7 Å². The molecule has 2 nitrogen and oxygen atoms in total. The van der Waals surface area contributed by atoms with Crippen molar-refractivity contribution in [3.8, 4) is 0 Å². The molecule has 1 atom stereocenters. The average Bonchev–Trinajstić information content (AvgIpc) is 2.34. The third-order valence-electron chi connectivity index (χ3n) is 3.20. The van der Waals surface area contributed by atoms with Gasteiger partial charge in [0.1, 0.15) is 6.10 Å². The fraction of sp³-hybridized carbons (Fsp3) is 0.267. The summed E-state index contributed by atoms with van der Waals surface area (Å²) in [6, 6.07) is 7.88. The summed E-state index contributed by atoms with van der Waals surface area (Å²) < 4.78 is 0. The van der Waals surface area contributed by atoms with Crippen molar-refractivity contribution in [1.82, 2.24) is 4.98 Å². The summed E-state index contributed by atoms with van der Waals surface area (Å²) in [7, 11) is 0. The number of pyridine rings is 1. The molecule has 0 saturated heterocycles. The van der Waals surface area contributed by atoms with Crippen LogP contribution in [0.2, 0.25) is 0 Å². The molecule has 88 valence electrons. The molecule has 1 heterocycles. The highest BCUT2D eigenvalue weighted by molar-refractivity contribution is 5.40. The van der Waals surface area contributed by atoms with Gasteiger partial charge in [0.2, 0.25) is 0 Å². The Kier molecular flexibility index (Phi) is 3.25. The van der Waals surface area contributed by atoms with Gasteiger partial charge in [0.25, 0.3) is 0 Å². The number of aliphatic hydroxyl groups is 1. The van der Waals surface area contributed by atoms with Crippen LogP contribution in [0.1, 0.15) is 33.9 Å². The predicted molar refractivity (Wildman–Crippen MR) is 69.0 cm³/mol. The van der Waals surface area contributed by atoms with Crippen molar-refractivity contribution in [2.45, 2.75) is 26.9 Å². The summed E-state index contributed by atoms with van der Waals surface area (Å²) in [5, 5.41) is 10.4. The summed E-state index contributed by atoms with van der Waals surface area (Å²) >= 11 is 0. The van der Waals surface area contributed by atoms with Crippen LogP contribution in [0.15, 0.2) is 36.7 Å². The van der Waals surface area contributed by atoms with E-state index in [1.165, 1.54) is 11.1 Å². The normalized spacial score (nSPS) is 12.5. The molecule has 0 bridgehead atoms. The van der Waals surface area contributed by atoms with Crippen LogP contribution in [0.3, 0.4) is 0 Å². The second-order valence-electron chi connectivity index (χ2n) is 4.48. The van der Waals surface area contributed by atoms with Crippen molar-refractivity contribution in [2.75, 3.05) is 0 Å². The second-order valence-corrected chi connectivity index (χ2v) is 4.48. The Hall–Kier alpha value is -1.67. The van der Waals surface area contributed by atoms with Crippen molar-refractivity contribution >= 4 is 0 Å². The van der Waals surface area contributed by atoms with Crippen molar-refractivity contribution < 1.29 is 5.11 Å². The van der Waals surface area contributed by atoms with Crippen LogP contribution in [-0.2, 0) is 0 Å². The van der Waals surface area contributed by atoms with E-state index in [4.69, 9.17) is 0 Å². The maximum Gasteiger partial charge on any atom is 0.104 e. The minimum Gasteiger partial charge on any atom is -0.384 e. The van der Waals surface area contributed by atoms with Crippen molar-refractivity contribution in [1.29, 1.82) is 0 Å². The summed E-state index contributed by atoms with van der Waals surface area (Å²) in [6.07, 6.45) is 2.83. The molecule has 0 aliphatic rings. The van der Waals surface area contributed by atoms with E-state index < -0.39 is 6.10 Å². The molecule has 17 heavy (non-hydrogen) atoms. The van der Waals surface area contributed by atoms with Gasteiger partial charge in [-0.3, -0.25) is 4.98 Å². The minimum atomic E-state index is -0.572. The van der Waals surface area contributed by atoms with Crippen LogP contribution >= 0.6 is 0 Å².